The summed E-state index contributed by atoms with van der Waals surface area (Å²) in [5.41, 5.74) is 0.768. The topological polar surface area (TPSA) is 50.7 Å². The Labute approximate surface area is 65.9 Å². The van der Waals surface area contributed by atoms with Gasteiger partial charge in [-0.3, -0.25) is 10.2 Å². The Morgan fingerprint density at radius 2 is 2.45 bits per heavy atom. The number of nitrogens with one attached hydrogen (secondary N) is 1. The van der Waals surface area contributed by atoms with E-state index in [-0.39, 0.29) is 0 Å². The molecule has 0 spiro atoms. The molecule has 0 saturated carbocycles. The van der Waals surface area contributed by atoms with E-state index in [2.05, 4.69) is 21.9 Å². The fraction of sp³-hybridized carbons (Fsp3) is 0.429. The normalized spacial score (nSPS) is 10.5. The van der Waals surface area contributed by atoms with Crippen molar-refractivity contribution in [3.63, 3.8) is 0 Å². The van der Waals surface area contributed by atoms with Crippen molar-refractivity contribution in [3.8, 4) is 0 Å². The highest BCUT2D eigenvalue weighted by Gasteiger charge is 1.95. The zero-order valence-corrected chi connectivity index (χ0v) is 6.76. The maximum Gasteiger partial charge on any atom is 0.437 e. The monoisotopic (exact) mass is 156 g/mol. The number of oxime groups is 1. The third kappa shape index (κ3) is 5.14. The molecule has 0 aliphatic carbocycles. The van der Waals surface area contributed by atoms with Gasteiger partial charge in [-0.05, 0) is 13.3 Å². The number of hydrogen-bond acceptors (Lipinski definition) is 3. The van der Waals surface area contributed by atoms with Crippen LogP contribution in [0.3, 0.4) is 0 Å². The second kappa shape index (κ2) is 5.46. The smallest absolute Gasteiger partial charge is 0.298 e. The van der Waals surface area contributed by atoms with Gasteiger partial charge in [0.1, 0.15) is 0 Å². The molecule has 0 unspecified atom stereocenters. The van der Waals surface area contributed by atoms with Crippen LogP contribution in [0.2, 0.25) is 0 Å². The third-order valence-electron chi connectivity index (χ3n) is 1.02. The van der Waals surface area contributed by atoms with Crippen molar-refractivity contribution in [1.82, 2.24) is 5.32 Å². The number of carbonyl (C=O) groups excluding carboxylic acids is 1. The number of rotatable bonds is 3. The molecular weight excluding hydrogens is 144 g/mol. The van der Waals surface area contributed by atoms with Gasteiger partial charge in [0.2, 0.25) is 0 Å². The number of amides is 1. The molecule has 0 aromatic carbocycles. The Kier molecular flexibility index (Phi) is 4.81. The van der Waals surface area contributed by atoms with E-state index in [0.29, 0.717) is 0 Å². The van der Waals surface area contributed by atoms with Gasteiger partial charge < -0.3 is 0 Å². The standard InChI is InChI=1S/C7H12N2O2/c1-4-6(3)9-11-7(10)8-5-2/h5H,2,4H2,1,3H3,(H,8,10)/b9-6+. The van der Waals surface area contributed by atoms with Gasteiger partial charge in [-0.1, -0.05) is 18.7 Å². The molecule has 4 heteroatoms. The molecule has 0 aliphatic heterocycles. The van der Waals surface area contributed by atoms with Crippen molar-refractivity contribution in [3.05, 3.63) is 12.8 Å². The number of hydrogen-bond donors (Lipinski definition) is 1. The van der Waals surface area contributed by atoms with Gasteiger partial charge in [0, 0.05) is 6.20 Å². The van der Waals surface area contributed by atoms with Crippen LogP contribution in [0.4, 0.5) is 4.79 Å². The molecule has 0 heterocycles. The molecule has 1 N–H and O–H groups in total. The van der Waals surface area contributed by atoms with Gasteiger partial charge in [0.15, 0.2) is 0 Å². The maximum absolute atomic E-state index is 10.6. The van der Waals surface area contributed by atoms with Crippen LogP contribution < -0.4 is 5.32 Å². The molecule has 0 atom stereocenters. The fourth-order valence-corrected chi connectivity index (χ4v) is 0.294. The van der Waals surface area contributed by atoms with E-state index in [4.69, 9.17) is 0 Å². The largest absolute Gasteiger partial charge is 0.437 e. The second-order valence-corrected chi connectivity index (χ2v) is 1.91. The second-order valence-electron chi connectivity index (χ2n) is 1.91. The molecular formula is C7H12N2O2. The molecule has 0 fully saturated rings. The van der Waals surface area contributed by atoms with E-state index in [1.807, 2.05) is 6.92 Å². The van der Waals surface area contributed by atoms with Crippen molar-refractivity contribution in [2.75, 3.05) is 0 Å². The summed E-state index contributed by atoms with van der Waals surface area (Å²) in [7, 11) is 0. The van der Waals surface area contributed by atoms with E-state index < -0.39 is 6.09 Å². The quantitative estimate of drug-likeness (QED) is 0.383. The minimum Gasteiger partial charge on any atom is -0.298 e. The number of nitrogens with zero attached hydrogens (tertiary/aromatic N) is 1. The summed E-state index contributed by atoms with van der Waals surface area (Å²) >= 11 is 0. The Morgan fingerprint density at radius 3 is 2.91 bits per heavy atom. The summed E-state index contributed by atoms with van der Waals surface area (Å²) in [5, 5.41) is 5.74. The highest BCUT2D eigenvalue weighted by molar-refractivity contribution is 5.81. The highest BCUT2D eigenvalue weighted by Crippen LogP contribution is 1.86. The Bertz CT molecular complexity index is 175. The van der Waals surface area contributed by atoms with Crippen LogP contribution in [0.15, 0.2) is 17.9 Å². The summed E-state index contributed by atoms with van der Waals surface area (Å²) in [4.78, 5) is 15.0. The first-order chi connectivity index (χ1) is 5.20. The summed E-state index contributed by atoms with van der Waals surface area (Å²) in [6.45, 7) is 6.99. The van der Waals surface area contributed by atoms with Crippen molar-refractivity contribution in [2.45, 2.75) is 20.3 Å². The average molecular weight is 156 g/mol. The average Bonchev–Trinajstić information content (AvgIpc) is 2.01. The van der Waals surface area contributed by atoms with Gasteiger partial charge >= 0.3 is 6.09 Å². The van der Waals surface area contributed by atoms with E-state index in [1.54, 1.807) is 6.92 Å². The Hall–Kier alpha value is -1.32. The summed E-state index contributed by atoms with van der Waals surface area (Å²) in [6.07, 6.45) is 1.38. The van der Waals surface area contributed by atoms with Gasteiger partial charge in [0.05, 0.1) is 5.71 Å². The molecule has 0 aromatic rings. The lowest BCUT2D eigenvalue weighted by Gasteiger charge is -1.96. The van der Waals surface area contributed by atoms with Crippen molar-refractivity contribution >= 4 is 11.8 Å². The molecule has 0 aliphatic rings. The first-order valence-electron chi connectivity index (χ1n) is 3.32. The lowest BCUT2D eigenvalue weighted by Crippen LogP contribution is -2.15. The van der Waals surface area contributed by atoms with Gasteiger partial charge in [-0.25, -0.2) is 4.79 Å². The van der Waals surface area contributed by atoms with E-state index in [9.17, 15) is 4.79 Å². The Balaban J connectivity index is 3.68. The van der Waals surface area contributed by atoms with Gasteiger partial charge in [-0.2, -0.15) is 0 Å². The minimum atomic E-state index is -0.618. The molecule has 4 nitrogen and oxygen atoms in total. The van der Waals surface area contributed by atoms with Crippen LogP contribution in [0.25, 0.3) is 0 Å². The van der Waals surface area contributed by atoms with Crippen molar-refractivity contribution in [2.24, 2.45) is 5.16 Å². The molecule has 0 rings (SSSR count). The zero-order valence-electron chi connectivity index (χ0n) is 6.76. The van der Waals surface area contributed by atoms with E-state index in [0.717, 1.165) is 12.1 Å². The molecule has 1 amide bonds. The first kappa shape index (κ1) is 9.68. The summed E-state index contributed by atoms with van der Waals surface area (Å²) in [6, 6.07) is 0. The summed E-state index contributed by atoms with van der Waals surface area (Å²) < 4.78 is 0. The maximum atomic E-state index is 10.6. The molecule has 0 bridgehead atoms. The predicted octanol–water partition coefficient (Wildman–Crippen LogP) is 1.64. The molecule has 0 aromatic heterocycles. The van der Waals surface area contributed by atoms with Crippen LogP contribution in [0.1, 0.15) is 20.3 Å². The minimum absolute atomic E-state index is 0.618. The lowest BCUT2D eigenvalue weighted by atomic mass is 10.3. The molecule has 62 valence electrons. The van der Waals surface area contributed by atoms with Gasteiger partial charge in [0.25, 0.3) is 0 Å². The van der Waals surface area contributed by atoms with E-state index >= 15 is 0 Å². The molecule has 11 heavy (non-hydrogen) atoms. The van der Waals surface area contributed by atoms with Gasteiger partial charge in [-0.15, -0.1) is 0 Å². The van der Waals surface area contributed by atoms with Crippen LogP contribution in [0, 0.1) is 0 Å². The van der Waals surface area contributed by atoms with Crippen LogP contribution in [-0.2, 0) is 4.84 Å². The molecule has 0 saturated heterocycles. The van der Waals surface area contributed by atoms with Crippen molar-refractivity contribution < 1.29 is 9.63 Å². The van der Waals surface area contributed by atoms with Crippen LogP contribution in [-0.4, -0.2) is 11.8 Å². The van der Waals surface area contributed by atoms with Crippen LogP contribution >= 0.6 is 0 Å². The summed E-state index contributed by atoms with van der Waals surface area (Å²) in [5.74, 6) is 0. The number of carbonyl (C=O) groups is 1. The molecule has 0 radical (unpaired) electrons. The zero-order chi connectivity index (χ0) is 8.69. The lowest BCUT2D eigenvalue weighted by molar-refractivity contribution is 0.154. The van der Waals surface area contributed by atoms with Crippen LogP contribution in [0.5, 0.6) is 0 Å². The first-order valence-corrected chi connectivity index (χ1v) is 3.32. The SMILES string of the molecule is C=CNC(=O)O/N=C(\C)CC. The Morgan fingerprint density at radius 1 is 1.82 bits per heavy atom. The highest BCUT2D eigenvalue weighted by atomic mass is 16.7. The third-order valence-corrected chi connectivity index (χ3v) is 1.02. The fourth-order valence-electron chi connectivity index (χ4n) is 0.294. The predicted molar refractivity (Wildman–Crippen MR) is 43.2 cm³/mol. The van der Waals surface area contributed by atoms with Crippen molar-refractivity contribution in [1.29, 1.82) is 0 Å². The van der Waals surface area contributed by atoms with E-state index in [1.165, 1.54) is 6.20 Å².